The Morgan fingerprint density at radius 1 is 1.28 bits per heavy atom. The second kappa shape index (κ2) is 7.17. The highest BCUT2D eigenvalue weighted by atomic mass is 16.1. The predicted octanol–water partition coefficient (Wildman–Crippen LogP) is 2.17. The van der Waals surface area contributed by atoms with Gasteiger partial charge in [0.05, 0.1) is 6.54 Å². The lowest BCUT2D eigenvalue weighted by Gasteiger charge is -2.10. The molecule has 18 heavy (non-hydrogen) atoms. The molecule has 0 spiro atoms. The molecule has 3 heteroatoms. The SMILES string of the molecule is Cc1ccc(C)c(CNCC(=O)NCC(C)C)c1. The van der Waals surface area contributed by atoms with E-state index in [-0.39, 0.29) is 5.91 Å². The summed E-state index contributed by atoms with van der Waals surface area (Å²) in [6.07, 6.45) is 0. The van der Waals surface area contributed by atoms with Crippen LogP contribution in [0.1, 0.15) is 30.5 Å². The van der Waals surface area contributed by atoms with Crippen molar-refractivity contribution in [3.63, 3.8) is 0 Å². The number of hydrogen-bond donors (Lipinski definition) is 2. The van der Waals surface area contributed by atoms with E-state index in [1.165, 1.54) is 16.7 Å². The first kappa shape index (κ1) is 14.7. The van der Waals surface area contributed by atoms with Crippen LogP contribution < -0.4 is 10.6 Å². The Morgan fingerprint density at radius 2 is 2.00 bits per heavy atom. The zero-order valence-corrected chi connectivity index (χ0v) is 11.8. The van der Waals surface area contributed by atoms with Crippen molar-refractivity contribution >= 4 is 5.91 Å². The van der Waals surface area contributed by atoms with Gasteiger partial charge in [0.2, 0.25) is 5.91 Å². The molecule has 0 aliphatic carbocycles. The normalized spacial score (nSPS) is 10.7. The van der Waals surface area contributed by atoms with E-state index in [0.717, 1.165) is 13.1 Å². The maximum Gasteiger partial charge on any atom is 0.233 e. The van der Waals surface area contributed by atoms with Gasteiger partial charge in [-0.1, -0.05) is 37.6 Å². The molecule has 100 valence electrons. The third kappa shape index (κ3) is 5.32. The number of hydrogen-bond acceptors (Lipinski definition) is 2. The molecule has 0 aliphatic heterocycles. The van der Waals surface area contributed by atoms with Crippen LogP contribution in [-0.2, 0) is 11.3 Å². The van der Waals surface area contributed by atoms with Crippen LogP contribution in [0.25, 0.3) is 0 Å². The van der Waals surface area contributed by atoms with Crippen LogP contribution in [0.3, 0.4) is 0 Å². The fourth-order valence-electron chi connectivity index (χ4n) is 1.68. The molecule has 1 aromatic rings. The largest absolute Gasteiger partial charge is 0.355 e. The summed E-state index contributed by atoms with van der Waals surface area (Å²) in [5.74, 6) is 0.557. The Labute approximate surface area is 110 Å². The molecule has 0 aliphatic rings. The summed E-state index contributed by atoms with van der Waals surface area (Å²) in [4.78, 5) is 11.5. The molecule has 0 fully saturated rings. The zero-order valence-electron chi connectivity index (χ0n) is 11.8. The number of amides is 1. The van der Waals surface area contributed by atoms with Crippen LogP contribution in [0.5, 0.6) is 0 Å². The van der Waals surface area contributed by atoms with Crippen molar-refractivity contribution in [2.24, 2.45) is 5.92 Å². The lowest BCUT2D eigenvalue weighted by atomic mass is 10.1. The minimum Gasteiger partial charge on any atom is -0.355 e. The van der Waals surface area contributed by atoms with Crippen LogP contribution >= 0.6 is 0 Å². The smallest absolute Gasteiger partial charge is 0.233 e. The molecule has 2 N–H and O–H groups in total. The summed E-state index contributed by atoms with van der Waals surface area (Å²) in [6, 6.07) is 6.38. The fourth-order valence-corrected chi connectivity index (χ4v) is 1.68. The summed E-state index contributed by atoms with van der Waals surface area (Å²) in [5, 5.41) is 6.07. The van der Waals surface area contributed by atoms with E-state index < -0.39 is 0 Å². The van der Waals surface area contributed by atoms with Gasteiger partial charge in [-0.3, -0.25) is 4.79 Å². The van der Waals surface area contributed by atoms with Gasteiger partial charge in [-0.2, -0.15) is 0 Å². The molecule has 0 saturated carbocycles. The molecule has 0 bridgehead atoms. The number of aryl methyl sites for hydroxylation is 2. The van der Waals surface area contributed by atoms with Gasteiger partial charge in [-0.15, -0.1) is 0 Å². The third-order valence-corrected chi connectivity index (χ3v) is 2.81. The fraction of sp³-hybridized carbons (Fsp3) is 0.533. The quantitative estimate of drug-likeness (QED) is 0.810. The number of benzene rings is 1. The van der Waals surface area contributed by atoms with Gasteiger partial charge in [0.15, 0.2) is 0 Å². The van der Waals surface area contributed by atoms with E-state index in [0.29, 0.717) is 12.5 Å². The van der Waals surface area contributed by atoms with Gasteiger partial charge in [0.1, 0.15) is 0 Å². The second-order valence-corrected chi connectivity index (χ2v) is 5.23. The molecule has 0 aromatic heterocycles. The highest BCUT2D eigenvalue weighted by Crippen LogP contribution is 2.09. The van der Waals surface area contributed by atoms with E-state index in [4.69, 9.17) is 0 Å². The van der Waals surface area contributed by atoms with E-state index in [9.17, 15) is 4.79 Å². The van der Waals surface area contributed by atoms with Crippen molar-refractivity contribution in [3.05, 3.63) is 34.9 Å². The first-order valence-corrected chi connectivity index (χ1v) is 6.52. The standard InChI is InChI=1S/C15H24N2O/c1-11(2)8-17-15(18)10-16-9-14-7-12(3)5-6-13(14)4/h5-7,11,16H,8-10H2,1-4H3,(H,17,18). The Hall–Kier alpha value is -1.35. The molecular weight excluding hydrogens is 224 g/mol. The van der Waals surface area contributed by atoms with Crippen molar-refractivity contribution in [2.75, 3.05) is 13.1 Å². The first-order valence-electron chi connectivity index (χ1n) is 6.52. The highest BCUT2D eigenvalue weighted by Gasteiger charge is 2.03. The molecule has 1 rings (SSSR count). The Kier molecular flexibility index (Phi) is 5.86. The molecule has 0 radical (unpaired) electrons. The van der Waals surface area contributed by atoms with Gasteiger partial charge in [0.25, 0.3) is 0 Å². The zero-order chi connectivity index (χ0) is 13.5. The molecule has 0 heterocycles. The summed E-state index contributed by atoms with van der Waals surface area (Å²) in [5.41, 5.74) is 3.77. The minimum absolute atomic E-state index is 0.0639. The van der Waals surface area contributed by atoms with Gasteiger partial charge in [0, 0.05) is 13.1 Å². The van der Waals surface area contributed by atoms with Gasteiger partial charge < -0.3 is 10.6 Å². The minimum atomic E-state index is 0.0639. The molecular formula is C15H24N2O. The Balaban J connectivity index is 2.33. The van der Waals surface area contributed by atoms with E-state index >= 15 is 0 Å². The van der Waals surface area contributed by atoms with Crippen molar-refractivity contribution < 1.29 is 4.79 Å². The molecule has 1 aromatic carbocycles. The van der Waals surface area contributed by atoms with Crippen LogP contribution in [0.4, 0.5) is 0 Å². The molecule has 0 unspecified atom stereocenters. The average Bonchev–Trinajstić information content (AvgIpc) is 2.31. The van der Waals surface area contributed by atoms with Crippen LogP contribution in [-0.4, -0.2) is 19.0 Å². The highest BCUT2D eigenvalue weighted by molar-refractivity contribution is 5.77. The maximum absolute atomic E-state index is 11.5. The Bertz CT molecular complexity index is 399. The van der Waals surface area contributed by atoms with Crippen molar-refractivity contribution in [1.82, 2.24) is 10.6 Å². The molecule has 1 amide bonds. The van der Waals surface area contributed by atoms with E-state index in [1.807, 2.05) is 0 Å². The number of nitrogens with one attached hydrogen (secondary N) is 2. The summed E-state index contributed by atoms with van der Waals surface area (Å²) in [7, 11) is 0. The van der Waals surface area contributed by atoms with E-state index in [1.54, 1.807) is 0 Å². The number of carbonyl (C=O) groups excluding carboxylic acids is 1. The third-order valence-electron chi connectivity index (χ3n) is 2.81. The predicted molar refractivity (Wildman–Crippen MR) is 75.5 cm³/mol. The van der Waals surface area contributed by atoms with Gasteiger partial charge in [-0.05, 0) is 30.9 Å². The topological polar surface area (TPSA) is 41.1 Å². The number of carbonyl (C=O) groups is 1. The monoisotopic (exact) mass is 248 g/mol. The van der Waals surface area contributed by atoms with Gasteiger partial charge >= 0.3 is 0 Å². The van der Waals surface area contributed by atoms with E-state index in [2.05, 4.69) is 56.5 Å². The van der Waals surface area contributed by atoms with Crippen molar-refractivity contribution in [3.8, 4) is 0 Å². The lowest BCUT2D eigenvalue weighted by Crippen LogP contribution is -2.35. The number of rotatable bonds is 6. The maximum atomic E-state index is 11.5. The van der Waals surface area contributed by atoms with Crippen LogP contribution in [0.15, 0.2) is 18.2 Å². The summed E-state index contributed by atoms with van der Waals surface area (Å²) in [6.45, 7) is 10.2. The molecule has 0 saturated heterocycles. The van der Waals surface area contributed by atoms with Crippen molar-refractivity contribution in [2.45, 2.75) is 34.2 Å². The second-order valence-electron chi connectivity index (χ2n) is 5.23. The summed E-state index contributed by atoms with van der Waals surface area (Å²) < 4.78 is 0. The van der Waals surface area contributed by atoms with Gasteiger partial charge in [-0.25, -0.2) is 0 Å². The first-order chi connectivity index (χ1) is 8.49. The molecule has 3 nitrogen and oxygen atoms in total. The van der Waals surface area contributed by atoms with Crippen LogP contribution in [0, 0.1) is 19.8 Å². The molecule has 0 atom stereocenters. The lowest BCUT2D eigenvalue weighted by molar-refractivity contribution is -0.120. The van der Waals surface area contributed by atoms with Crippen molar-refractivity contribution in [1.29, 1.82) is 0 Å². The Morgan fingerprint density at radius 3 is 2.67 bits per heavy atom. The van der Waals surface area contributed by atoms with Crippen LogP contribution in [0.2, 0.25) is 0 Å². The summed E-state index contributed by atoms with van der Waals surface area (Å²) >= 11 is 0. The average molecular weight is 248 g/mol.